The fourth-order valence-corrected chi connectivity index (χ4v) is 4.86. The largest absolute Gasteiger partial charge is 0.444 e. The normalized spacial score (nSPS) is 22.6. The summed E-state index contributed by atoms with van der Waals surface area (Å²) in [7, 11) is 0. The van der Waals surface area contributed by atoms with Crippen LogP contribution in [0.1, 0.15) is 64.7 Å². The first kappa shape index (κ1) is 27.1. The molecule has 10 nitrogen and oxygen atoms in total. The summed E-state index contributed by atoms with van der Waals surface area (Å²) in [6, 6.07) is 1.23. The highest BCUT2D eigenvalue weighted by molar-refractivity contribution is 6.37. The van der Waals surface area contributed by atoms with Gasteiger partial charge in [0.15, 0.2) is 0 Å². The quantitative estimate of drug-likeness (QED) is 0.414. The van der Waals surface area contributed by atoms with Crippen LogP contribution in [0.15, 0.2) is 6.07 Å². The summed E-state index contributed by atoms with van der Waals surface area (Å²) in [5.41, 5.74) is 3.61. The Morgan fingerprint density at radius 2 is 1.54 bits per heavy atom. The first-order chi connectivity index (χ1) is 17.1. The van der Waals surface area contributed by atoms with Gasteiger partial charge in [0.1, 0.15) is 17.0 Å². The molecule has 3 aliphatic rings. The van der Waals surface area contributed by atoms with Crippen molar-refractivity contribution in [3.05, 3.63) is 22.5 Å². The van der Waals surface area contributed by atoms with Gasteiger partial charge >= 0.3 is 12.2 Å². The predicted molar refractivity (Wildman–Crippen MR) is 137 cm³/mol. The van der Waals surface area contributed by atoms with Crippen LogP contribution in [0.4, 0.5) is 25.4 Å². The van der Waals surface area contributed by atoms with Gasteiger partial charge in [-0.3, -0.25) is 10.2 Å². The van der Waals surface area contributed by atoms with E-state index in [1.165, 1.54) is 0 Å². The Morgan fingerprint density at radius 1 is 0.973 bits per heavy atom. The molecule has 37 heavy (non-hydrogen) atoms. The van der Waals surface area contributed by atoms with Gasteiger partial charge in [0.25, 0.3) is 5.91 Å². The van der Waals surface area contributed by atoms with Crippen molar-refractivity contribution in [2.45, 2.75) is 77.7 Å². The lowest BCUT2D eigenvalue weighted by molar-refractivity contribution is 0.0481. The number of ether oxygens (including phenoxy) is 2. The smallest absolute Gasteiger partial charge is 0.426 e. The fourth-order valence-electron chi connectivity index (χ4n) is 4.50. The molecule has 204 valence electrons. The van der Waals surface area contributed by atoms with E-state index in [1.54, 1.807) is 41.5 Å². The average Bonchev–Trinajstić information content (AvgIpc) is 3.63. The van der Waals surface area contributed by atoms with Crippen molar-refractivity contribution >= 4 is 41.1 Å². The van der Waals surface area contributed by atoms with Crippen molar-refractivity contribution in [3.63, 3.8) is 0 Å². The third kappa shape index (κ3) is 6.68. The van der Waals surface area contributed by atoms with Gasteiger partial charge in [-0.05, 0) is 60.5 Å². The Hall–Kier alpha value is -2.95. The maximum atomic E-state index is 15.4. The van der Waals surface area contributed by atoms with Crippen molar-refractivity contribution in [2.24, 2.45) is 11.8 Å². The van der Waals surface area contributed by atoms with E-state index < -0.39 is 35.1 Å². The minimum atomic E-state index is -0.841. The van der Waals surface area contributed by atoms with E-state index in [1.807, 2.05) is 4.90 Å². The molecule has 4 rings (SSSR count). The number of carbonyl (C=O) groups excluding carboxylic acids is 3. The summed E-state index contributed by atoms with van der Waals surface area (Å²) in [6.07, 6.45) is 0.513. The lowest BCUT2D eigenvalue weighted by Crippen LogP contribution is -2.44. The average molecular weight is 540 g/mol. The zero-order chi connectivity index (χ0) is 27.3. The first-order valence-electron chi connectivity index (χ1n) is 12.5. The van der Waals surface area contributed by atoms with Gasteiger partial charge in [-0.25, -0.2) is 19.4 Å². The number of rotatable bonds is 5. The maximum Gasteiger partial charge on any atom is 0.426 e. The second kappa shape index (κ2) is 9.74. The molecule has 2 unspecified atom stereocenters. The molecule has 1 saturated heterocycles. The Kier molecular flexibility index (Phi) is 7.13. The summed E-state index contributed by atoms with van der Waals surface area (Å²) < 4.78 is 25.8. The number of amides is 3. The third-order valence-electron chi connectivity index (χ3n) is 6.24. The first-order valence-corrected chi connectivity index (χ1v) is 12.8. The fraction of sp³-hybridized carbons (Fsp3) is 0.640. The van der Waals surface area contributed by atoms with Crippen LogP contribution >= 0.6 is 11.6 Å². The standard InChI is InChI=1S/C25H35ClFN5O5/c1-24(2,3)36-22(34)29-18-14-10-32(11-15(14)18)20-16(27)9-13(19(17(20)26)28-12-7-8-12)21(33)30-31-23(35)37-25(4,5)6/h9,12,14-15,18,28H,7-8,10-11H2,1-6H3,(H,29,34)(H,30,33)(H,31,35). The van der Waals surface area contributed by atoms with Crippen molar-refractivity contribution in [3.8, 4) is 0 Å². The van der Waals surface area contributed by atoms with E-state index in [9.17, 15) is 14.4 Å². The molecule has 12 heteroatoms. The zero-order valence-electron chi connectivity index (χ0n) is 22.0. The highest BCUT2D eigenvalue weighted by atomic mass is 35.5. The number of hydrogen-bond donors (Lipinski definition) is 4. The highest BCUT2D eigenvalue weighted by Crippen LogP contribution is 2.50. The number of nitrogens with one attached hydrogen (secondary N) is 4. The van der Waals surface area contributed by atoms with E-state index in [2.05, 4.69) is 21.5 Å². The molecule has 0 aromatic heterocycles. The zero-order valence-corrected chi connectivity index (χ0v) is 22.7. The minimum Gasteiger partial charge on any atom is -0.444 e. The second-order valence-corrected chi connectivity index (χ2v) is 12.2. The van der Waals surface area contributed by atoms with E-state index in [0.717, 1.165) is 18.9 Å². The Balaban J connectivity index is 1.45. The van der Waals surface area contributed by atoms with Crippen LogP contribution in [-0.4, -0.2) is 54.5 Å². The number of hydrazine groups is 1. The Bertz CT molecular complexity index is 1090. The molecule has 1 aromatic rings. The molecule has 3 amide bonds. The SMILES string of the molecule is CC(C)(C)OC(=O)NNC(=O)c1cc(F)c(N2CC3C(C2)C3NC(=O)OC(C)(C)C)c(Cl)c1NC1CC1. The molecule has 1 aromatic carbocycles. The van der Waals surface area contributed by atoms with Crippen LogP contribution in [0.2, 0.25) is 5.02 Å². The summed E-state index contributed by atoms with van der Waals surface area (Å²) in [5, 5.41) is 6.23. The molecule has 2 saturated carbocycles. The molecule has 2 atom stereocenters. The molecule has 0 radical (unpaired) electrons. The third-order valence-corrected chi connectivity index (χ3v) is 6.60. The molecule has 4 N–H and O–H groups in total. The number of halogens is 2. The van der Waals surface area contributed by atoms with E-state index >= 15 is 4.39 Å². The Morgan fingerprint density at radius 3 is 2.08 bits per heavy atom. The number of anilines is 2. The number of alkyl carbamates (subject to hydrolysis) is 1. The van der Waals surface area contributed by atoms with Crippen LogP contribution < -0.4 is 26.4 Å². The second-order valence-electron chi connectivity index (χ2n) is 11.8. The molecule has 1 aliphatic heterocycles. The monoisotopic (exact) mass is 539 g/mol. The number of piperidine rings is 1. The van der Waals surface area contributed by atoms with Crippen LogP contribution in [0.25, 0.3) is 0 Å². The van der Waals surface area contributed by atoms with Crippen molar-refractivity contribution in [2.75, 3.05) is 23.3 Å². The maximum absolute atomic E-state index is 15.4. The van der Waals surface area contributed by atoms with Crippen molar-refractivity contribution in [1.82, 2.24) is 16.2 Å². The lowest BCUT2D eigenvalue weighted by atomic mass is 10.1. The van der Waals surface area contributed by atoms with Crippen LogP contribution in [-0.2, 0) is 9.47 Å². The summed E-state index contributed by atoms with van der Waals surface area (Å²) >= 11 is 6.69. The lowest BCUT2D eigenvalue weighted by Gasteiger charge is -2.27. The molecular weight excluding hydrogens is 505 g/mol. The molecule has 0 bridgehead atoms. The van der Waals surface area contributed by atoms with Gasteiger partial charge in [-0.2, -0.15) is 0 Å². The molecule has 0 spiro atoms. The molecule has 2 aliphatic carbocycles. The molecular formula is C25H35ClFN5O5. The number of carbonyl (C=O) groups is 3. The number of benzene rings is 1. The predicted octanol–water partition coefficient (Wildman–Crippen LogP) is 4.18. The van der Waals surface area contributed by atoms with Gasteiger partial charge in [-0.15, -0.1) is 0 Å². The summed E-state index contributed by atoms with van der Waals surface area (Å²) in [5.74, 6) is -1.06. The van der Waals surface area contributed by atoms with E-state index in [4.69, 9.17) is 21.1 Å². The van der Waals surface area contributed by atoms with Gasteiger partial charge in [-0.1, -0.05) is 11.6 Å². The van der Waals surface area contributed by atoms with Gasteiger partial charge in [0, 0.05) is 37.0 Å². The van der Waals surface area contributed by atoms with Gasteiger partial charge in [0.05, 0.1) is 22.0 Å². The van der Waals surface area contributed by atoms with Crippen molar-refractivity contribution < 1.29 is 28.2 Å². The number of fused-ring (bicyclic) bond motifs is 1. The number of hydrogen-bond acceptors (Lipinski definition) is 7. The summed E-state index contributed by atoms with van der Waals surface area (Å²) in [4.78, 5) is 38.7. The van der Waals surface area contributed by atoms with Crippen LogP contribution in [0, 0.1) is 17.7 Å². The van der Waals surface area contributed by atoms with E-state index in [-0.39, 0.29) is 40.2 Å². The number of nitrogens with zero attached hydrogens (tertiary/aromatic N) is 1. The topological polar surface area (TPSA) is 121 Å². The Labute approximate surface area is 220 Å². The molecule has 3 fully saturated rings. The van der Waals surface area contributed by atoms with E-state index in [0.29, 0.717) is 18.8 Å². The van der Waals surface area contributed by atoms with Gasteiger partial charge < -0.3 is 25.0 Å². The summed E-state index contributed by atoms with van der Waals surface area (Å²) in [6.45, 7) is 11.5. The van der Waals surface area contributed by atoms with Crippen LogP contribution in [0.5, 0.6) is 0 Å². The minimum absolute atomic E-state index is 0.0250. The highest BCUT2D eigenvalue weighted by Gasteiger charge is 2.57. The van der Waals surface area contributed by atoms with Crippen LogP contribution in [0.3, 0.4) is 0 Å². The van der Waals surface area contributed by atoms with Gasteiger partial charge in [0.2, 0.25) is 0 Å². The molecule has 1 heterocycles. The van der Waals surface area contributed by atoms with Crippen molar-refractivity contribution in [1.29, 1.82) is 0 Å².